The molecule has 2 N–H and O–H groups in total. The molecule has 0 saturated heterocycles. The van der Waals surface area contributed by atoms with Gasteiger partial charge >= 0.3 is 12.1 Å². The van der Waals surface area contributed by atoms with E-state index in [-0.39, 0.29) is 25.4 Å². The predicted molar refractivity (Wildman–Crippen MR) is 143 cm³/mol. The van der Waals surface area contributed by atoms with Gasteiger partial charge < -0.3 is 24.8 Å². The Morgan fingerprint density at radius 2 is 1.53 bits per heavy atom. The summed E-state index contributed by atoms with van der Waals surface area (Å²) in [5.41, 5.74) is 5.41. The van der Waals surface area contributed by atoms with Crippen molar-refractivity contribution in [1.82, 2.24) is 10.2 Å². The smallest absolute Gasteiger partial charge is 0.407 e. The molecule has 2 amide bonds. The molecule has 0 aliphatic heterocycles. The van der Waals surface area contributed by atoms with E-state index in [1.165, 1.54) is 4.90 Å². The van der Waals surface area contributed by atoms with E-state index < -0.39 is 24.0 Å². The molecule has 0 bridgehead atoms. The molecule has 4 rings (SSSR count). The highest BCUT2D eigenvalue weighted by Crippen LogP contribution is 2.44. The Balaban J connectivity index is 1.32. The molecule has 3 aromatic carbocycles. The van der Waals surface area contributed by atoms with Crippen molar-refractivity contribution in [3.05, 3.63) is 95.6 Å². The summed E-state index contributed by atoms with van der Waals surface area (Å²) >= 11 is 0. The molecular weight excluding hydrogens is 484 g/mol. The number of alkyl carbamates (subject to hydrolysis) is 1. The monoisotopic (exact) mass is 516 g/mol. The molecule has 38 heavy (non-hydrogen) atoms. The first-order valence-electron chi connectivity index (χ1n) is 12.6. The van der Waals surface area contributed by atoms with Crippen LogP contribution in [0.15, 0.2) is 78.9 Å². The molecule has 0 heterocycles. The second-order valence-electron chi connectivity index (χ2n) is 9.25. The van der Waals surface area contributed by atoms with Gasteiger partial charge in [0, 0.05) is 25.9 Å². The summed E-state index contributed by atoms with van der Waals surface area (Å²) in [6.07, 6.45) is -1.07. The average Bonchev–Trinajstić information content (AvgIpc) is 3.26. The van der Waals surface area contributed by atoms with Crippen molar-refractivity contribution in [3.63, 3.8) is 0 Å². The summed E-state index contributed by atoms with van der Waals surface area (Å²) in [5.74, 6) is -1.57. The van der Waals surface area contributed by atoms with Gasteiger partial charge in [-0.2, -0.15) is 0 Å². The molecule has 0 fully saturated rings. The van der Waals surface area contributed by atoms with Crippen LogP contribution >= 0.6 is 0 Å². The zero-order valence-electron chi connectivity index (χ0n) is 21.3. The fourth-order valence-corrected chi connectivity index (χ4v) is 4.65. The zero-order chi connectivity index (χ0) is 26.9. The summed E-state index contributed by atoms with van der Waals surface area (Å²) in [6.45, 7) is 1.11. The van der Waals surface area contributed by atoms with E-state index in [0.29, 0.717) is 19.8 Å². The number of aliphatic carboxylic acids is 1. The summed E-state index contributed by atoms with van der Waals surface area (Å²) in [7, 11) is 1.60. The van der Waals surface area contributed by atoms with Crippen LogP contribution in [0, 0.1) is 0 Å². The number of likely N-dealkylation sites (N-methyl/N-ethyl adjacent to an activating group) is 1. The van der Waals surface area contributed by atoms with Gasteiger partial charge in [-0.05, 0) is 34.2 Å². The van der Waals surface area contributed by atoms with Crippen molar-refractivity contribution in [1.29, 1.82) is 0 Å². The lowest BCUT2D eigenvalue weighted by atomic mass is 9.98. The van der Waals surface area contributed by atoms with E-state index in [2.05, 4.69) is 5.32 Å². The first-order chi connectivity index (χ1) is 18.4. The number of hydrogen-bond donors (Lipinski definition) is 2. The number of carbonyl (C=O) groups is 3. The van der Waals surface area contributed by atoms with Crippen LogP contribution in [0.5, 0.6) is 0 Å². The van der Waals surface area contributed by atoms with Crippen LogP contribution < -0.4 is 5.32 Å². The number of carboxylic acid groups (broad SMARTS) is 1. The second-order valence-corrected chi connectivity index (χ2v) is 9.25. The minimum atomic E-state index is -1.05. The van der Waals surface area contributed by atoms with Crippen molar-refractivity contribution < 1.29 is 29.0 Å². The predicted octanol–water partition coefficient (Wildman–Crippen LogP) is 4.43. The number of benzene rings is 3. The minimum Gasteiger partial charge on any atom is -0.481 e. The van der Waals surface area contributed by atoms with Crippen molar-refractivity contribution in [2.24, 2.45) is 0 Å². The lowest BCUT2D eigenvalue weighted by molar-refractivity contribution is -0.138. The van der Waals surface area contributed by atoms with Crippen molar-refractivity contribution in [2.75, 3.05) is 26.8 Å². The third-order valence-corrected chi connectivity index (χ3v) is 6.64. The van der Waals surface area contributed by atoms with Crippen LogP contribution in [0.25, 0.3) is 11.1 Å². The van der Waals surface area contributed by atoms with Gasteiger partial charge in [0.1, 0.15) is 12.6 Å². The average molecular weight is 517 g/mol. The van der Waals surface area contributed by atoms with E-state index in [0.717, 1.165) is 27.8 Å². The van der Waals surface area contributed by atoms with Crippen LogP contribution in [0.3, 0.4) is 0 Å². The number of fused-ring (bicyclic) bond motifs is 3. The molecule has 1 aliphatic rings. The SMILES string of the molecule is CN(CCOCc1ccccc1)C(=O)C(CCC(=O)O)NC(=O)OCC1c2ccccc2-c2ccccc21. The van der Waals surface area contributed by atoms with Crippen LogP contribution in [0.1, 0.15) is 35.4 Å². The maximum atomic E-state index is 13.1. The Hall–Kier alpha value is -4.17. The normalized spacial score (nSPS) is 12.8. The Morgan fingerprint density at radius 1 is 0.921 bits per heavy atom. The second kappa shape index (κ2) is 12.9. The molecule has 0 spiro atoms. The lowest BCUT2D eigenvalue weighted by Crippen LogP contribution is -2.48. The highest BCUT2D eigenvalue weighted by molar-refractivity contribution is 5.86. The van der Waals surface area contributed by atoms with Gasteiger partial charge in [-0.15, -0.1) is 0 Å². The number of carboxylic acids is 1. The maximum absolute atomic E-state index is 13.1. The highest BCUT2D eigenvalue weighted by atomic mass is 16.5. The maximum Gasteiger partial charge on any atom is 0.407 e. The zero-order valence-corrected chi connectivity index (χ0v) is 21.3. The summed E-state index contributed by atoms with van der Waals surface area (Å²) in [4.78, 5) is 38.4. The van der Waals surface area contributed by atoms with E-state index in [1.54, 1.807) is 7.05 Å². The number of hydrogen-bond acceptors (Lipinski definition) is 5. The van der Waals surface area contributed by atoms with Crippen LogP contribution in [-0.4, -0.2) is 60.8 Å². The highest BCUT2D eigenvalue weighted by Gasteiger charge is 2.30. The van der Waals surface area contributed by atoms with Gasteiger partial charge in [-0.25, -0.2) is 4.79 Å². The molecule has 1 atom stereocenters. The van der Waals surface area contributed by atoms with E-state index in [9.17, 15) is 14.4 Å². The molecular formula is C30H32N2O6. The molecule has 3 aromatic rings. The lowest BCUT2D eigenvalue weighted by Gasteiger charge is -2.24. The number of nitrogens with zero attached hydrogens (tertiary/aromatic N) is 1. The standard InChI is InChI=1S/C30H32N2O6/c1-32(17-18-37-19-21-9-3-2-4-10-21)29(35)27(15-16-28(33)34)31-30(36)38-20-26-24-13-7-5-11-22(24)23-12-6-8-14-25(23)26/h2-14,26-27H,15-20H2,1H3,(H,31,36)(H,33,34). The Morgan fingerprint density at radius 3 is 2.16 bits per heavy atom. The summed E-state index contributed by atoms with van der Waals surface area (Å²) in [5, 5.41) is 11.7. The molecule has 198 valence electrons. The minimum absolute atomic E-state index is 0.0480. The molecule has 1 unspecified atom stereocenters. The number of nitrogens with one attached hydrogen (secondary N) is 1. The molecule has 1 aliphatic carbocycles. The van der Waals surface area contributed by atoms with Crippen molar-refractivity contribution in [3.8, 4) is 11.1 Å². The number of amides is 2. The van der Waals surface area contributed by atoms with Gasteiger partial charge in [-0.1, -0.05) is 78.9 Å². The number of rotatable bonds is 12. The van der Waals surface area contributed by atoms with E-state index in [4.69, 9.17) is 14.6 Å². The van der Waals surface area contributed by atoms with Gasteiger partial charge in [0.25, 0.3) is 0 Å². The van der Waals surface area contributed by atoms with Gasteiger partial charge in [-0.3, -0.25) is 9.59 Å². The molecule has 8 heteroatoms. The van der Waals surface area contributed by atoms with Gasteiger partial charge in [0.05, 0.1) is 13.2 Å². The van der Waals surface area contributed by atoms with Crippen LogP contribution in [0.2, 0.25) is 0 Å². The quantitative estimate of drug-likeness (QED) is 0.345. The van der Waals surface area contributed by atoms with Gasteiger partial charge in [0.2, 0.25) is 5.91 Å². The number of carbonyl (C=O) groups excluding carboxylic acids is 2. The third-order valence-electron chi connectivity index (χ3n) is 6.64. The third kappa shape index (κ3) is 6.77. The summed E-state index contributed by atoms with van der Waals surface area (Å²) in [6, 6.07) is 24.7. The Bertz CT molecular complexity index is 1220. The van der Waals surface area contributed by atoms with E-state index >= 15 is 0 Å². The van der Waals surface area contributed by atoms with Crippen LogP contribution in [0.4, 0.5) is 4.79 Å². The van der Waals surface area contributed by atoms with Crippen molar-refractivity contribution >= 4 is 18.0 Å². The first kappa shape index (κ1) is 26.9. The van der Waals surface area contributed by atoms with Gasteiger partial charge in [0.15, 0.2) is 0 Å². The Kier molecular flexibility index (Phi) is 9.11. The first-order valence-corrected chi connectivity index (χ1v) is 12.6. The molecule has 8 nitrogen and oxygen atoms in total. The Labute approximate surface area is 222 Å². The number of ether oxygens (including phenoxy) is 2. The fourth-order valence-electron chi connectivity index (χ4n) is 4.65. The fraction of sp³-hybridized carbons (Fsp3) is 0.300. The largest absolute Gasteiger partial charge is 0.481 e. The molecule has 0 aromatic heterocycles. The van der Waals surface area contributed by atoms with Crippen molar-refractivity contribution in [2.45, 2.75) is 31.4 Å². The summed E-state index contributed by atoms with van der Waals surface area (Å²) < 4.78 is 11.2. The molecule has 0 saturated carbocycles. The molecule has 0 radical (unpaired) electrons. The van der Waals surface area contributed by atoms with Crippen LogP contribution in [-0.2, 0) is 25.7 Å². The van der Waals surface area contributed by atoms with E-state index in [1.807, 2.05) is 78.9 Å². The topological polar surface area (TPSA) is 105 Å².